The van der Waals surface area contributed by atoms with Crippen LogP contribution in [0.25, 0.3) is 0 Å². The molecule has 0 aliphatic rings. The van der Waals surface area contributed by atoms with Gasteiger partial charge in [0.2, 0.25) is 5.75 Å². The standard InChI is InChI=1S/C30H38O9/c1-5-8-14-20(31)24-26(30(36)38-18-19-13-11-12-16-22(19)37-4)25(21(32)15-9-6-2)29(28(35)27(24)34)39-23(33)17-10-7-3/h11-13,16,34-35H,5-10,14-15,17-18H2,1-4H3. The number of aromatic hydroxyl groups is 2. The van der Waals surface area contributed by atoms with E-state index < -0.39 is 57.4 Å². The van der Waals surface area contributed by atoms with Crippen molar-refractivity contribution in [2.45, 2.75) is 85.2 Å². The molecular formula is C30H38O9. The summed E-state index contributed by atoms with van der Waals surface area (Å²) in [6.45, 7) is 5.35. The van der Waals surface area contributed by atoms with Crippen LogP contribution in [-0.2, 0) is 16.1 Å². The van der Waals surface area contributed by atoms with Gasteiger partial charge in [-0.3, -0.25) is 14.4 Å². The molecule has 9 nitrogen and oxygen atoms in total. The fourth-order valence-electron chi connectivity index (χ4n) is 3.99. The number of Topliss-reactive ketones (excluding diaryl/α,β-unsaturated/α-hetero) is 2. The van der Waals surface area contributed by atoms with Gasteiger partial charge in [0.1, 0.15) is 12.4 Å². The highest BCUT2D eigenvalue weighted by Crippen LogP contribution is 2.46. The Morgan fingerprint density at radius 3 is 1.90 bits per heavy atom. The molecule has 0 bridgehead atoms. The summed E-state index contributed by atoms with van der Waals surface area (Å²) in [5.74, 6) is -5.18. The van der Waals surface area contributed by atoms with Gasteiger partial charge in [0.15, 0.2) is 23.1 Å². The van der Waals surface area contributed by atoms with Gasteiger partial charge in [-0.2, -0.15) is 0 Å². The Morgan fingerprint density at radius 1 is 0.744 bits per heavy atom. The Morgan fingerprint density at radius 2 is 1.31 bits per heavy atom. The minimum absolute atomic E-state index is 0.00987. The van der Waals surface area contributed by atoms with E-state index in [9.17, 15) is 29.4 Å². The molecule has 0 saturated carbocycles. The van der Waals surface area contributed by atoms with Crippen molar-refractivity contribution in [3.63, 3.8) is 0 Å². The van der Waals surface area contributed by atoms with Crippen molar-refractivity contribution in [2.24, 2.45) is 0 Å². The number of phenols is 2. The highest BCUT2D eigenvalue weighted by atomic mass is 16.5. The first-order valence-electron chi connectivity index (χ1n) is 13.4. The third kappa shape index (κ3) is 8.05. The van der Waals surface area contributed by atoms with E-state index in [4.69, 9.17) is 14.2 Å². The number of phenolic OH excluding ortho intramolecular Hbond substituents is 2. The van der Waals surface area contributed by atoms with E-state index in [1.165, 1.54) is 7.11 Å². The lowest BCUT2D eigenvalue weighted by Crippen LogP contribution is -2.21. The van der Waals surface area contributed by atoms with E-state index in [0.29, 0.717) is 49.8 Å². The van der Waals surface area contributed by atoms with E-state index in [0.717, 1.165) is 0 Å². The van der Waals surface area contributed by atoms with Gasteiger partial charge in [-0.1, -0.05) is 58.2 Å². The van der Waals surface area contributed by atoms with Crippen LogP contribution in [0.15, 0.2) is 24.3 Å². The summed E-state index contributed by atoms with van der Waals surface area (Å²) in [5.41, 5.74) is -0.978. The van der Waals surface area contributed by atoms with Crippen LogP contribution in [0, 0.1) is 0 Å². The molecule has 2 N–H and O–H groups in total. The van der Waals surface area contributed by atoms with Crippen molar-refractivity contribution in [3.05, 3.63) is 46.5 Å². The zero-order chi connectivity index (χ0) is 28.9. The van der Waals surface area contributed by atoms with Gasteiger partial charge < -0.3 is 24.4 Å². The summed E-state index contributed by atoms with van der Waals surface area (Å²) in [6, 6.07) is 6.84. The Balaban J connectivity index is 2.74. The molecule has 2 aromatic carbocycles. The summed E-state index contributed by atoms with van der Waals surface area (Å²) < 4.78 is 16.2. The van der Waals surface area contributed by atoms with E-state index in [-0.39, 0.29) is 25.9 Å². The van der Waals surface area contributed by atoms with Crippen LogP contribution in [0.4, 0.5) is 0 Å². The lowest BCUT2D eigenvalue weighted by atomic mass is 9.90. The van der Waals surface area contributed by atoms with Crippen LogP contribution >= 0.6 is 0 Å². The van der Waals surface area contributed by atoms with Crippen molar-refractivity contribution in [1.29, 1.82) is 0 Å². The average Bonchev–Trinajstić information content (AvgIpc) is 2.94. The van der Waals surface area contributed by atoms with Gasteiger partial charge in [0.25, 0.3) is 0 Å². The highest BCUT2D eigenvalue weighted by molar-refractivity contribution is 6.17. The van der Waals surface area contributed by atoms with Gasteiger partial charge in [-0.25, -0.2) is 4.79 Å². The molecular weight excluding hydrogens is 504 g/mol. The number of ether oxygens (including phenoxy) is 3. The number of methoxy groups -OCH3 is 1. The first-order chi connectivity index (χ1) is 18.7. The quantitative estimate of drug-likeness (QED) is 0.108. The molecule has 0 unspecified atom stereocenters. The second kappa shape index (κ2) is 15.5. The molecule has 0 aliphatic carbocycles. The van der Waals surface area contributed by atoms with Crippen LogP contribution in [0.5, 0.6) is 23.0 Å². The number of benzene rings is 2. The van der Waals surface area contributed by atoms with Gasteiger partial charge in [-0.05, 0) is 25.3 Å². The molecule has 0 aromatic heterocycles. The summed E-state index contributed by atoms with van der Waals surface area (Å²) >= 11 is 0. The van der Waals surface area contributed by atoms with E-state index in [1.54, 1.807) is 24.3 Å². The SMILES string of the molecule is CCCCC(=O)Oc1c(O)c(O)c(C(=O)CCCC)c(C(=O)OCc2ccccc2OC)c1C(=O)CCCC. The summed E-state index contributed by atoms with van der Waals surface area (Å²) in [7, 11) is 1.47. The molecule has 39 heavy (non-hydrogen) atoms. The number of ketones is 2. The molecule has 0 aliphatic heterocycles. The average molecular weight is 543 g/mol. The van der Waals surface area contributed by atoms with Gasteiger partial charge in [-0.15, -0.1) is 0 Å². The molecule has 0 amide bonds. The number of carbonyl (C=O) groups is 4. The molecule has 0 atom stereocenters. The molecule has 0 heterocycles. The Hall–Kier alpha value is -3.88. The summed E-state index contributed by atoms with van der Waals surface area (Å²) in [4.78, 5) is 52.8. The third-order valence-electron chi connectivity index (χ3n) is 6.18. The fraction of sp³-hybridized carbons (Fsp3) is 0.467. The zero-order valence-electron chi connectivity index (χ0n) is 23.1. The monoisotopic (exact) mass is 542 g/mol. The maximum absolute atomic E-state index is 13.6. The molecule has 0 fully saturated rings. The van der Waals surface area contributed by atoms with Crippen molar-refractivity contribution in [1.82, 2.24) is 0 Å². The molecule has 2 aromatic rings. The van der Waals surface area contributed by atoms with E-state index in [1.807, 2.05) is 20.8 Å². The Bertz CT molecular complexity index is 1180. The molecule has 9 heteroatoms. The summed E-state index contributed by atoms with van der Waals surface area (Å²) in [5, 5.41) is 21.8. The molecule has 0 saturated heterocycles. The Kier molecular flexibility index (Phi) is 12.5. The number of hydrogen-bond donors (Lipinski definition) is 2. The number of carbonyl (C=O) groups excluding carboxylic acids is 4. The van der Waals surface area contributed by atoms with E-state index in [2.05, 4.69) is 0 Å². The number of esters is 2. The number of unbranched alkanes of at least 4 members (excludes halogenated alkanes) is 3. The maximum Gasteiger partial charge on any atom is 0.340 e. The number of para-hydroxylation sites is 1. The van der Waals surface area contributed by atoms with Crippen LogP contribution in [0.1, 0.15) is 115 Å². The minimum atomic E-state index is -1.08. The molecule has 0 spiro atoms. The fourth-order valence-corrected chi connectivity index (χ4v) is 3.99. The minimum Gasteiger partial charge on any atom is -0.504 e. The van der Waals surface area contributed by atoms with Crippen LogP contribution in [-0.4, -0.2) is 40.8 Å². The smallest absolute Gasteiger partial charge is 0.340 e. The summed E-state index contributed by atoms with van der Waals surface area (Å²) in [6.07, 6.45) is 3.28. The normalized spacial score (nSPS) is 10.7. The van der Waals surface area contributed by atoms with Crippen molar-refractivity contribution in [3.8, 4) is 23.0 Å². The van der Waals surface area contributed by atoms with Crippen LogP contribution in [0.3, 0.4) is 0 Å². The maximum atomic E-state index is 13.6. The van der Waals surface area contributed by atoms with Crippen molar-refractivity contribution < 1.29 is 43.6 Å². The van der Waals surface area contributed by atoms with Gasteiger partial charge in [0.05, 0.1) is 23.8 Å². The lowest BCUT2D eigenvalue weighted by molar-refractivity contribution is -0.134. The zero-order valence-corrected chi connectivity index (χ0v) is 23.1. The highest BCUT2D eigenvalue weighted by Gasteiger charge is 2.36. The molecule has 0 radical (unpaired) electrons. The van der Waals surface area contributed by atoms with Gasteiger partial charge >= 0.3 is 11.9 Å². The Labute approximate surface area is 229 Å². The predicted molar refractivity (Wildman–Crippen MR) is 145 cm³/mol. The number of rotatable bonds is 16. The van der Waals surface area contributed by atoms with Gasteiger partial charge in [0, 0.05) is 24.8 Å². The van der Waals surface area contributed by atoms with Crippen molar-refractivity contribution >= 4 is 23.5 Å². The largest absolute Gasteiger partial charge is 0.504 e. The molecule has 212 valence electrons. The van der Waals surface area contributed by atoms with Crippen LogP contribution < -0.4 is 9.47 Å². The second-order valence-corrected chi connectivity index (χ2v) is 9.17. The molecule has 2 rings (SSSR count). The third-order valence-corrected chi connectivity index (χ3v) is 6.18. The second-order valence-electron chi connectivity index (χ2n) is 9.17. The first-order valence-corrected chi connectivity index (χ1v) is 13.4. The predicted octanol–water partition coefficient (Wildman–Crippen LogP) is 6.30. The van der Waals surface area contributed by atoms with Crippen LogP contribution in [0.2, 0.25) is 0 Å². The lowest BCUT2D eigenvalue weighted by Gasteiger charge is -2.20. The topological polar surface area (TPSA) is 136 Å². The number of hydrogen-bond acceptors (Lipinski definition) is 9. The first kappa shape index (κ1) is 31.3. The van der Waals surface area contributed by atoms with Crippen molar-refractivity contribution in [2.75, 3.05) is 7.11 Å². The van der Waals surface area contributed by atoms with E-state index >= 15 is 0 Å².